The van der Waals surface area contributed by atoms with Crippen LogP contribution in [0.5, 0.6) is 0 Å². The molecular weight excluding hydrogens is 331 g/mol. The molecule has 4 nitrogen and oxygen atoms in total. The summed E-state index contributed by atoms with van der Waals surface area (Å²) in [4.78, 5) is 0. The molecule has 0 aliphatic rings. The summed E-state index contributed by atoms with van der Waals surface area (Å²) in [5.41, 5.74) is 5.50. The summed E-state index contributed by atoms with van der Waals surface area (Å²) in [5.74, 6) is 5.68. The van der Waals surface area contributed by atoms with Crippen LogP contribution in [0.4, 0.5) is 0 Å². The van der Waals surface area contributed by atoms with Crippen molar-refractivity contribution in [2.45, 2.75) is 25.8 Å². The lowest BCUT2D eigenvalue weighted by atomic mass is 10.0. The summed E-state index contributed by atoms with van der Waals surface area (Å²) in [6.07, 6.45) is 1.38. The lowest BCUT2D eigenvalue weighted by molar-refractivity contribution is 0.530. The average molecular weight is 348 g/mol. The maximum absolute atomic E-state index is 6.38. The molecule has 1 heterocycles. The van der Waals surface area contributed by atoms with E-state index in [2.05, 4.69) is 10.5 Å². The fourth-order valence-corrected chi connectivity index (χ4v) is 3.20. The van der Waals surface area contributed by atoms with Gasteiger partial charge in [0.1, 0.15) is 0 Å². The third kappa shape index (κ3) is 3.71. The van der Waals surface area contributed by atoms with E-state index in [1.54, 1.807) is 10.7 Å². The highest BCUT2D eigenvalue weighted by molar-refractivity contribution is 6.34. The Hall–Kier alpha value is -0.780. The van der Waals surface area contributed by atoms with Gasteiger partial charge in [-0.3, -0.25) is 16.0 Å². The second-order valence-electron chi connectivity index (χ2n) is 4.81. The van der Waals surface area contributed by atoms with Crippen LogP contribution in [0, 0.1) is 0 Å². The van der Waals surface area contributed by atoms with Gasteiger partial charge in [-0.2, -0.15) is 5.10 Å². The molecule has 1 atom stereocenters. The third-order valence-corrected chi connectivity index (χ3v) is 4.26. The van der Waals surface area contributed by atoms with Crippen molar-refractivity contribution in [1.82, 2.24) is 15.2 Å². The number of halogens is 3. The van der Waals surface area contributed by atoms with Gasteiger partial charge in [-0.15, -0.1) is 0 Å². The van der Waals surface area contributed by atoms with Gasteiger partial charge < -0.3 is 0 Å². The maximum Gasteiger partial charge on any atom is 0.0850 e. The number of aromatic nitrogens is 2. The molecule has 0 spiro atoms. The summed E-state index contributed by atoms with van der Waals surface area (Å²) in [6, 6.07) is 5.21. The summed E-state index contributed by atoms with van der Waals surface area (Å²) < 4.78 is 1.79. The van der Waals surface area contributed by atoms with E-state index in [0.717, 1.165) is 23.4 Å². The van der Waals surface area contributed by atoms with Gasteiger partial charge in [0.2, 0.25) is 0 Å². The number of hydrazine groups is 1. The Labute approximate surface area is 139 Å². The van der Waals surface area contributed by atoms with Crippen LogP contribution in [0.3, 0.4) is 0 Å². The van der Waals surface area contributed by atoms with Crippen molar-refractivity contribution < 1.29 is 0 Å². The molecule has 3 N–H and O–H groups in total. The number of nitrogens with two attached hydrogens (primary N) is 1. The number of hydrogen-bond acceptors (Lipinski definition) is 3. The van der Waals surface area contributed by atoms with Crippen LogP contribution in [0.15, 0.2) is 18.2 Å². The van der Waals surface area contributed by atoms with Crippen LogP contribution in [0.25, 0.3) is 0 Å². The smallest absolute Gasteiger partial charge is 0.0850 e. The Morgan fingerprint density at radius 3 is 2.33 bits per heavy atom. The fraction of sp³-hybridized carbons (Fsp3) is 0.357. The van der Waals surface area contributed by atoms with E-state index in [1.807, 2.05) is 26.1 Å². The van der Waals surface area contributed by atoms with Gasteiger partial charge in [-0.05, 0) is 30.2 Å². The first-order chi connectivity index (χ1) is 9.96. The average Bonchev–Trinajstić information content (AvgIpc) is 2.70. The quantitative estimate of drug-likeness (QED) is 0.640. The van der Waals surface area contributed by atoms with E-state index in [9.17, 15) is 0 Å². The standard InChI is InChI=1S/C14H17Cl3N4/c1-3-11-14(17)13(21(2)20-11)7-12(19-18)8-4-9(15)6-10(16)5-8/h4-6,12,19H,3,7,18H2,1-2H3. The third-order valence-electron chi connectivity index (χ3n) is 3.39. The van der Waals surface area contributed by atoms with Crippen LogP contribution >= 0.6 is 34.8 Å². The molecule has 1 aromatic heterocycles. The number of benzene rings is 1. The van der Waals surface area contributed by atoms with Gasteiger partial charge in [0, 0.05) is 23.5 Å². The van der Waals surface area contributed by atoms with Crippen LogP contribution in [0.1, 0.15) is 29.9 Å². The molecule has 0 amide bonds. The Kier molecular flexibility index (Phi) is 5.52. The molecule has 7 heteroatoms. The minimum atomic E-state index is -0.154. The molecule has 2 aromatic rings. The minimum Gasteiger partial charge on any atom is -0.271 e. The van der Waals surface area contributed by atoms with E-state index in [1.165, 1.54) is 0 Å². The number of hydrogen-bond donors (Lipinski definition) is 2. The van der Waals surface area contributed by atoms with E-state index < -0.39 is 0 Å². The Morgan fingerprint density at radius 1 is 1.24 bits per heavy atom. The van der Waals surface area contributed by atoms with Gasteiger partial charge in [-0.1, -0.05) is 41.7 Å². The van der Waals surface area contributed by atoms with Crippen molar-refractivity contribution in [3.05, 3.63) is 50.2 Å². The molecular formula is C14H17Cl3N4. The van der Waals surface area contributed by atoms with Gasteiger partial charge >= 0.3 is 0 Å². The van der Waals surface area contributed by atoms with E-state index in [4.69, 9.17) is 40.6 Å². The van der Waals surface area contributed by atoms with Crippen molar-refractivity contribution >= 4 is 34.8 Å². The molecule has 1 aromatic carbocycles. The molecule has 0 saturated carbocycles. The van der Waals surface area contributed by atoms with Crippen molar-refractivity contribution in [2.75, 3.05) is 0 Å². The van der Waals surface area contributed by atoms with Gasteiger partial charge in [0.25, 0.3) is 0 Å². The van der Waals surface area contributed by atoms with Crippen LogP contribution < -0.4 is 11.3 Å². The molecule has 0 aliphatic heterocycles. The molecule has 21 heavy (non-hydrogen) atoms. The largest absolute Gasteiger partial charge is 0.271 e. The highest BCUT2D eigenvalue weighted by Crippen LogP contribution is 2.28. The predicted octanol–water partition coefficient (Wildman–Crippen LogP) is 3.69. The van der Waals surface area contributed by atoms with Crippen LogP contribution in [-0.2, 0) is 19.9 Å². The number of nitrogens with zero attached hydrogens (tertiary/aromatic N) is 2. The molecule has 2 rings (SSSR count). The molecule has 0 radical (unpaired) electrons. The summed E-state index contributed by atoms with van der Waals surface area (Å²) in [6.45, 7) is 2.02. The van der Waals surface area contributed by atoms with E-state index in [-0.39, 0.29) is 6.04 Å². The van der Waals surface area contributed by atoms with Crippen molar-refractivity contribution in [3.63, 3.8) is 0 Å². The number of rotatable bonds is 5. The second kappa shape index (κ2) is 6.99. The lowest BCUT2D eigenvalue weighted by Crippen LogP contribution is -2.30. The second-order valence-corrected chi connectivity index (χ2v) is 6.06. The summed E-state index contributed by atoms with van der Waals surface area (Å²) in [5, 5.41) is 6.24. The summed E-state index contributed by atoms with van der Waals surface area (Å²) >= 11 is 18.5. The maximum atomic E-state index is 6.38. The summed E-state index contributed by atoms with van der Waals surface area (Å²) in [7, 11) is 1.87. The Morgan fingerprint density at radius 2 is 1.86 bits per heavy atom. The van der Waals surface area contributed by atoms with Gasteiger partial charge in [-0.25, -0.2) is 0 Å². The van der Waals surface area contributed by atoms with Crippen LogP contribution in [-0.4, -0.2) is 9.78 Å². The van der Waals surface area contributed by atoms with Gasteiger partial charge in [0.05, 0.1) is 22.5 Å². The van der Waals surface area contributed by atoms with Crippen LogP contribution in [0.2, 0.25) is 15.1 Å². The zero-order chi connectivity index (χ0) is 15.6. The number of nitrogens with one attached hydrogen (secondary N) is 1. The molecule has 0 bridgehead atoms. The molecule has 0 aliphatic carbocycles. The molecule has 1 unspecified atom stereocenters. The molecule has 0 saturated heterocycles. The lowest BCUT2D eigenvalue weighted by Gasteiger charge is -2.17. The highest BCUT2D eigenvalue weighted by Gasteiger charge is 2.19. The zero-order valence-corrected chi connectivity index (χ0v) is 14.1. The Balaban J connectivity index is 2.33. The first kappa shape index (κ1) is 16.6. The fourth-order valence-electron chi connectivity index (χ4n) is 2.28. The van der Waals surface area contributed by atoms with Gasteiger partial charge in [0.15, 0.2) is 0 Å². The normalized spacial score (nSPS) is 12.7. The Bertz CT molecular complexity index is 619. The monoisotopic (exact) mass is 346 g/mol. The predicted molar refractivity (Wildman–Crippen MR) is 87.8 cm³/mol. The number of aryl methyl sites for hydroxylation is 2. The van der Waals surface area contributed by atoms with E-state index >= 15 is 0 Å². The zero-order valence-electron chi connectivity index (χ0n) is 11.8. The SMILES string of the molecule is CCc1nn(C)c(CC(NN)c2cc(Cl)cc(Cl)c2)c1Cl. The van der Waals surface area contributed by atoms with E-state index in [0.29, 0.717) is 21.5 Å². The first-order valence-electron chi connectivity index (χ1n) is 6.58. The molecule has 114 valence electrons. The van der Waals surface area contributed by atoms with Crippen molar-refractivity contribution in [3.8, 4) is 0 Å². The minimum absolute atomic E-state index is 0.154. The topological polar surface area (TPSA) is 55.9 Å². The highest BCUT2D eigenvalue weighted by atomic mass is 35.5. The first-order valence-corrected chi connectivity index (χ1v) is 7.72. The van der Waals surface area contributed by atoms with Crippen molar-refractivity contribution in [1.29, 1.82) is 0 Å². The molecule has 0 fully saturated rings. The van der Waals surface area contributed by atoms with Crippen molar-refractivity contribution in [2.24, 2.45) is 12.9 Å².